The van der Waals surface area contributed by atoms with E-state index < -0.39 is 0 Å². The SMILES string of the molecule is CC1CN(CCOCCOc2ccc(C#N)cc2)CC(C)O1. The normalized spacial score (nSPS) is 22.2. The molecule has 22 heavy (non-hydrogen) atoms. The van der Waals surface area contributed by atoms with E-state index in [-0.39, 0.29) is 0 Å². The zero-order chi connectivity index (χ0) is 15.8. The lowest BCUT2D eigenvalue weighted by Crippen LogP contribution is -2.46. The maximum absolute atomic E-state index is 8.72. The third kappa shape index (κ3) is 5.64. The van der Waals surface area contributed by atoms with E-state index in [9.17, 15) is 0 Å². The number of hydrogen-bond acceptors (Lipinski definition) is 5. The fourth-order valence-electron chi connectivity index (χ4n) is 2.61. The zero-order valence-electron chi connectivity index (χ0n) is 13.3. The first-order valence-electron chi connectivity index (χ1n) is 7.76. The Morgan fingerprint density at radius 2 is 1.82 bits per heavy atom. The van der Waals surface area contributed by atoms with E-state index in [0.29, 0.717) is 37.6 Å². The Hall–Kier alpha value is -1.61. The van der Waals surface area contributed by atoms with Gasteiger partial charge in [-0.15, -0.1) is 0 Å². The molecule has 1 aromatic carbocycles. The number of hydrogen-bond donors (Lipinski definition) is 0. The predicted molar refractivity (Wildman–Crippen MR) is 83.9 cm³/mol. The third-order valence-electron chi connectivity index (χ3n) is 3.53. The van der Waals surface area contributed by atoms with E-state index in [1.807, 2.05) is 0 Å². The molecule has 0 radical (unpaired) electrons. The van der Waals surface area contributed by atoms with Crippen LogP contribution >= 0.6 is 0 Å². The molecule has 0 aliphatic carbocycles. The van der Waals surface area contributed by atoms with Crippen LogP contribution in [0, 0.1) is 11.3 Å². The van der Waals surface area contributed by atoms with Crippen molar-refractivity contribution in [3.05, 3.63) is 29.8 Å². The fraction of sp³-hybridized carbons (Fsp3) is 0.588. The van der Waals surface area contributed by atoms with Gasteiger partial charge in [-0.25, -0.2) is 0 Å². The Morgan fingerprint density at radius 1 is 1.14 bits per heavy atom. The van der Waals surface area contributed by atoms with Crippen LogP contribution in [0.15, 0.2) is 24.3 Å². The molecule has 0 spiro atoms. The van der Waals surface area contributed by atoms with Crippen LogP contribution in [0.5, 0.6) is 5.75 Å². The second kappa shape index (κ2) is 8.74. The van der Waals surface area contributed by atoms with Crippen molar-refractivity contribution >= 4 is 0 Å². The molecular formula is C17H24N2O3. The van der Waals surface area contributed by atoms with Crippen LogP contribution in [-0.4, -0.2) is 56.6 Å². The lowest BCUT2D eigenvalue weighted by atomic mass is 10.2. The molecule has 1 saturated heterocycles. The summed E-state index contributed by atoms with van der Waals surface area (Å²) in [6.45, 7) is 8.86. The number of nitriles is 1. The molecule has 1 aliphatic heterocycles. The summed E-state index contributed by atoms with van der Waals surface area (Å²) in [5.74, 6) is 0.762. The van der Waals surface area contributed by atoms with Gasteiger partial charge in [-0.1, -0.05) is 0 Å². The van der Waals surface area contributed by atoms with Crippen molar-refractivity contribution < 1.29 is 14.2 Å². The molecule has 5 nitrogen and oxygen atoms in total. The van der Waals surface area contributed by atoms with Crippen molar-refractivity contribution in [3.8, 4) is 11.8 Å². The first-order valence-corrected chi connectivity index (χ1v) is 7.76. The second-order valence-corrected chi connectivity index (χ2v) is 5.61. The summed E-state index contributed by atoms with van der Waals surface area (Å²) in [5, 5.41) is 8.72. The Labute approximate surface area is 132 Å². The number of rotatable bonds is 7. The summed E-state index contributed by atoms with van der Waals surface area (Å²) >= 11 is 0. The minimum Gasteiger partial charge on any atom is -0.491 e. The quantitative estimate of drug-likeness (QED) is 0.722. The zero-order valence-corrected chi connectivity index (χ0v) is 13.3. The van der Waals surface area contributed by atoms with E-state index >= 15 is 0 Å². The van der Waals surface area contributed by atoms with Gasteiger partial charge < -0.3 is 14.2 Å². The van der Waals surface area contributed by atoms with Crippen LogP contribution in [0.1, 0.15) is 19.4 Å². The lowest BCUT2D eigenvalue weighted by Gasteiger charge is -2.35. The fourth-order valence-corrected chi connectivity index (χ4v) is 2.61. The van der Waals surface area contributed by atoms with Gasteiger partial charge in [-0.3, -0.25) is 4.90 Å². The highest BCUT2D eigenvalue weighted by molar-refractivity contribution is 5.34. The highest BCUT2D eigenvalue weighted by atomic mass is 16.5. The molecule has 1 fully saturated rings. The molecule has 5 heteroatoms. The van der Waals surface area contributed by atoms with Gasteiger partial charge in [0, 0.05) is 19.6 Å². The van der Waals surface area contributed by atoms with Crippen LogP contribution in [-0.2, 0) is 9.47 Å². The van der Waals surface area contributed by atoms with Crippen LogP contribution in [0.4, 0.5) is 0 Å². The number of nitrogens with zero attached hydrogens (tertiary/aromatic N) is 2. The van der Waals surface area contributed by atoms with Gasteiger partial charge >= 0.3 is 0 Å². The first-order chi connectivity index (χ1) is 10.7. The molecule has 2 unspecified atom stereocenters. The summed E-state index contributed by atoms with van der Waals surface area (Å²) in [4.78, 5) is 2.38. The predicted octanol–water partition coefficient (Wildman–Crippen LogP) is 2.06. The van der Waals surface area contributed by atoms with Gasteiger partial charge in [0.1, 0.15) is 12.4 Å². The third-order valence-corrected chi connectivity index (χ3v) is 3.53. The smallest absolute Gasteiger partial charge is 0.119 e. The monoisotopic (exact) mass is 304 g/mol. The van der Waals surface area contributed by atoms with Gasteiger partial charge in [0.15, 0.2) is 0 Å². The van der Waals surface area contributed by atoms with Crippen LogP contribution < -0.4 is 4.74 Å². The Morgan fingerprint density at radius 3 is 2.45 bits per heavy atom. The average Bonchev–Trinajstić information content (AvgIpc) is 2.50. The van der Waals surface area contributed by atoms with Crippen molar-refractivity contribution in [1.29, 1.82) is 5.26 Å². The van der Waals surface area contributed by atoms with Crippen LogP contribution in [0.2, 0.25) is 0 Å². The molecule has 2 rings (SSSR count). The van der Waals surface area contributed by atoms with E-state index in [0.717, 1.165) is 25.4 Å². The minimum atomic E-state index is 0.295. The van der Waals surface area contributed by atoms with Crippen molar-refractivity contribution in [1.82, 2.24) is 4.90 Å². The van der Waals surface area contributed by atoms with Gasteiger partial charge in [0.05, 0.1) is 37.1 Å². The standard InChI is InChI=1S/C17H24N2O3/c1-14-12-19(13-15(2)22-14)7-8-20-9-10-21-17-5-3-16(11-18)4-6-17/h3-6,14-15H,7-10,12-13H2,1-2H3. The van der Waals surface area contributed by atoms with Crippen molar-refractivity contribution in [3.63, 3.8) is 0 Å². The molecule has 0 aromatic heterocycles. The second-order valence-electron chi connectivity index (χ2n) is 5.61. The largest absolute Gasteiger partial charge is 0.491 e. The van der Waals surface area contributed by atoms with Crippen molar-refractivity contribution in [2.24, 2.45) is 0 Å². The highest BCUT2D eigenvalue weighted by Gasteiger charge is 2.21. The van der Waals surface area contributed by atoms with Crippen molar-refractivity contribution in [2.75, 3.05) is 39.5 Å². The molecule has 2 atom stereocenters. The van der Waals surface area contributed by atoms with E-state index in [1.165, 1.54) is 0 Å². The maximum Gasteiger partial charge on any atom is 0.119 e. The minimum absolute atomic E-state index is 0.295. The van der Waals surface area contributed by atoms with Gasteiger partial charge in [-0.05, 0) is 38.1 Å². The molecule has 0 saturated carbocycles. The van der Waals surface area contributed by atoms with E-state index in [1.54, 1.807) is 24.3 Å². The molecule has 120 valence electrons. The summed E-state index contributed by atoms with van der Waals surface area (Å²) < 4.78 is 16.9. The molecule has 1 aliphatic rings. The van der Waals surface area contributed by atoms with E-state index in [2.05, 4.69) is 24.8 Å². The Bertz CT molecular complexity index is 474. The molecule has 0 bridgehead atoms. The van der Waals surface area contributed by atoms with Gasteiger partial charge in [0.2, 0.25) is 0 Å². The Kier molecular flexibility index (Phi) is 6.66. The summed E-state index contributed by atoms with van der Waals surface area (Å²) in [6, 6.07) is 9.18. The summed E-state index contributed by atoms with van der Waals surface area (Å²) in [5.41, 5.74) is 0.637. The topological polar surface area (TPSA) is 54.7 Å². The number of ether oxygens (including phenoxy) is 3. The highest BCUT2D eigenvalue weighted by Crippen LogP contribution is 2.11. The van der Waals surface area contributed by atoms with E-state index in [4.69, 9.17) is 19.5 Å². The molecule has 1 heterocycles. The van der Waals surface area contributed by atoms with Gasteiger partial charge in [0.25, 0.3) is 0 Å². The summed E-state index contributed by atoms with van der Waals surface area (Å²) in [6.07, 6.45) is 0.590. The number of morpholine rings is 1. The van der Waals surface area contributed by atoms with Crippen molar-refractivity contribution in [2.45, 2.75) is 26.1 Å². The molecule has 0 N–H and O–H groups in total. The summed E-state index contributed by atoms with van der Waals surface area (Å²) in [7, 11) is 0. The molecule has 0 amide bonds. The first kappa shape index (κ1) is 16.8. The number of benzene rings is 1. The lowest BCUT2D eigenvalue weighted by molar-refractivity contribution is -0.0734. The maximum atomic E-state index is 8.72. The molecule has 1 aromatic rings. The van der Waals surface area contributed by atoms with Crippen LogP contribution in [0.25, 0.3) is 0 Å². The van der Waals surface area contributed by atoms with Crippen LogP contribution in [0.3, 0.4) is 0 Å². The Balaban J connectivity index is 1.54. The average molecular weight is 304 g/mol. The van der Waals surface area contributed by atoms with Gasteiger partial charge in [-0.2, -0.15) is 5.26 Å². The molecular weight excluding hydrogens is 280 g/mol.